The van der Waals surface area contributed by atoms with Crippen molar-refractivity contribution in [2.45, 2.75) is 12.8 Å². The molecule has 2 rings (SSSR count). The molecule has 0 aliphatic carbocycles. The number of rotatable bonds is 3. The van der Waals surface area contributed by atoms with Gasteiger partial charge in [0, 0.05) is 18.8 Å². The van der Waals surface area contributed by atoms with E-state index in [4.69, 9.17) is 9.84 Å². The number of carbonyl (C=O) groups is 1. The number of carboxylic acid groups (broad SMARTS) is 1. The average Bonchev–Trinajstić information content (AvgIpc) is 2.39. The Morgan fingerprint density at radius 1 is 1.41 bits per heavy atom. The molecule has 0 radical (unpaired) electrons. The SMILES string of the molecule is COc1ccc(N2CCC[C@H](C(=O)O)C2)cc1. The number of ether oxygens (including phenoxy) is 1. The zero-order valence-electron chi connectivity index (χ0n) is 9.93. The molecule has 0 aromatic heterocycles. The van der Waals surface area contributed by atoms with Crippen molar-refractivity contribution in [2.24, 2.45) is 5.92 Å². The summed E-state index contributed by atoms with van der Waals surface area (Å²) < 4.78 is 5.10. The molecule has 1 aliphatic rings. The summed E-state index contributed by atoms with van der Waals surface area (Å²) in [4.78, 5) is 13.1. The fourth-order valence-corrected chi connectivity index (χ4v) is 2.21. The van der Waals surface area contributed by atoms with Gasteiger partial charge in [-0.2, -0.15) is 0 Å². The van der Waals surface area contributed by atoms with Crippen molar-refractivity contribution >= 4 is 11.7 Å². The number of hydrogen-bond acceptors (Lipinski definition) is 3. The van der Waals surface area contributed by atoms with Crippen LogP contribution in [0.15, 0.2) is 24.3 Å². The first kappa shape index (κ1) is 11.8. The molecule has 1 aromatic carbocycles. The molecular formula is C13H17NO3. The maximum Gasteiger partial charge on any atom is 0.308 e. The van der Waals surface area contributed by atoms with E-state index >= 15 is 0 Å². The van der Waals surface area contributed by atoms with Gasteiger partial charge < -0.3 is 14.7 Å². The fraction of sp³-hybridized carbons (Fsp3) is 0.462. The molecule has 0 unspecified atom stereocenters. The Kier molecular flexibility index (Phi) is 3.52. The van der Waals surface area contributed by atoms with Crippen molar-refractivity contribution in [1.82, 2.24) is 0 Å². The predicted octanol–water partition coefficient (Wildman–Crippen LogP) is 2.00. The third kappa shape index (κ3) is 2.70. The van der Waals surface area contributed by atoms with Crippen molar-refractivity contribution in [2.75, 3.05) is 25.1 Å². The number of piperidine rings is 1. The van der Waals surface area contributed by atoms with Crippen LogP contribution in [0.1, 0.15) is 12.8 Å². The third-order valence-electron chi connectivity index (χ3n) is 3.21. The molecule has 1 fully saturated rings. The molecule has 0 spiro atoms. The third-order valence-corrected chi connectivity index (χ3v) is 3.21. The first-order valence-electron chi connectivity index (χ1n) is 5.82. The predicted molar refractivity (Wildman–Crippen MR) is 65.6 cm³/mol. The van der Waals surface area contributed by atoms with Gasteiger partial charge in [-0.15, -0.1) is 0 Å². The lowest BCUT2D eigenvalue weighted by atomic mass is 9.98. The molecule has 17 heavy (non-hydrogen) atoms. The molecule has 1 atom stereocenters. The summed E-state index contributed by atoms with van der Waals surface area (Å²) in [5, 5.41) is 9.04. The van der Waals surface area contributed by atoms with Gasteiger partial charge in [-0.3, -0.25) is 4.79 Å². The zero-order valence-corrected chi connectivity index (χ0v) is 9.93. The van der Waals surface area contributed by atoms with E-state index in [-0.39, 0.29) is 5.92 Å². The Labute approximate surface area is 101 Å². The van der Waals surface area contributed by atoms with Gasteiger partial charge in [0.05, 0.1) is 13.0 Å². The largest absolute Gasteiger partial charge is 0.497 e. The summed E-state index contributed by atoms with van der Waals surface area (Å²) in [6, 6.07) is 7.76. The van der Waals surface area contributed by atoms with E-state index in [0.717, 1.165) is 30.8 Å². The lowest BCUT2D eigenvalue weighted by Gasteiger charge is -2.32. The highest BCUT2D eigenvalue weighted by atomic mass is 16.5. The highest BCUT2D eigenvalue weighted by molar-refractivity contribution is 5.71. The highest BCUT2D eigenvalue weighted by Crippen LogP contribution is 2.25. The van der Waals surface area contributed by atoms with Crippen molar-refractivity contribution in [3.05, 3.63) is 24.3 Å². The molecule has 0 saturated carbocycles. The summed E-state index contributed by atoms with van der Waals surface area (Å²) in [5.41, 5.74) is 1.07. The Balaban J connectivity index is 2.08. The van der Waals surface area contributed by atoms with E-state index in [9.17, 15) is 4.79 Å². The van der Waals surface area contributed by atoms with E-state index in [2.05, 4.69) is 4.90 Å². The highest BCUT2D eigenvalue weighted by Gasteiger charge is 2.25. The number of benzene rings is 1. The summed E-state index contributed by atoms with van der Waals surface area (Å²) in [6.45, 7) is 1.53. The minimum Gasteiger partial charge on any atom is -0.497 e. The number of nitrogens with zero attached hydrogens (tertiary/aromatic N) is 1. The van der Waals surface area contributed by atoms with Crippen LogP contribution in [-0.4, -0.2) is 31.3 Å². The standard InChI is InChI=1S/C13H17NO3/c1-17-12-6-4-11(5-7-12)14-8-2-3-10(9-14)13(15)16/h4-7,10H,2-3,8-9H2,1H3,(H,15,16)/t10-/m0/s1. The van der Waals surface area contributed by atoms with Crippen LogP contribution < -0.4 is 9.64 Å². The maximum atomic E-state index is 11.0. The van der Waals surface area contributed by atoms with Crippen LogP contribution in [0.3, 0.4) is 0 Å². The van der Waals surface area contributed by atoms with Gasteiger partial charge in [-0.05, 0) is 37.1 Å². The quantitative estimate of drug-likeness (QED) is 0.870. The normalized spacial score (nSPS) is 20.1. The van der Waals surface area contributed by atoms with E-state index in [0.29, 0.717) is 6.54 Å². The Bertz CT molecular complexity index is 388. The molecule has 4 nitrogen and oxygen atoms in total. The van der Waals surface area contributed by atoms with Gasteiger partial charge in [0.15, 0.2) is 0 Å². The van der Waals surface area contributed by atoms with Gasteiger partial charge in [-0.25, -0.2) is 0 Å². The van der Waals surface area contributed by atoms with Gasteiger partial charge in [0.2, 0.25) is 0 Å². The Morgan fingerprint density at radius 3 is 2.71 bits per heavy atom. The summed E-state index contributed by atoms with van der Waals surface area (Å²) >= 11 is 0. The van der Waals surface area contributed by atoms with Crippen LogP contribution in [0.2, 0.25) is 0 Å². The first-order chi connectivity index (χ1) is 8.20. The fourth-order valence-electron chi connectivity index (χ4n) is 2.21. The number of aliphatic carboxylic acids is 1. The smallest absolute Gasteiger partial charge is 0.308 e. The molecule has 92 valence electrons. The van der Waals surface area contributed by atoms with Crippen LogP contribution in [0, 0.1) is 5.92 Å². The monoisotopic (exact) mass is 235 g/mol. The van der Waals surface area contributed by atoms with Crippen molar-refractivity contribution in [3.63, 3.8) is 0 Å². The van der Waals surface area contributed by atoms with Crippen molar-refractivity contribution in [3.8, 4) is 5.75 Å². The van der Waals surface area contributed by atoms with E-state index < -0.39 is 5.97 Å². The molecule has 4 heteroatoms. The summed E-state index contributed by atoms with van der Waals surface area (Å²) in [6.07, 6.45) is 1.71. The zero-order chi connectivity index (χ0) is 12.3. The lowest BCUT2D eigenvalue weighted by Crippen LogP contribution is -2.38. The topological polar surface area (TPSA) is 49.8 Å². The van der Waals surface area contributed by atoms with Gasteiger partial charge in [0.25, 0.3) is 0 Å². The summed E-state index contributed by atoms with van der Waals surface area (Å²) in [5.74, 6) is -0.116. The second kappa shape index (κ2) is 5.08. The molecule has 1 heterocycles. The lowest BCUT2D eigenvalue weighted by molar-refractivity contribution is -0.141. The minimum atomic E-state index is -0.691. The average molecular weight is 235 g/mol. The molecule has 0 bridgehead atoms. The first-order valence-corrected chi connectivity index (χ1v) is 5.82. The summed E-state index contributed by atoms with van der Waals surface area (Å²) in [7, 11) is 1.64. The Morgan fingerprint density at radius 2 is 2.12 bits per heavy atom. The minimum absolute atomic E-state index is 0.245. The Hall–Kier alpha value is -1.71. The van der Waals surface area contributed by atoms with E-state index in [1.807, 2.05) is 24.3 Å². The molecule has 0 amide bonds. The van der Waals surface area contributed by atoms with E-state index in [1.165, 1.54) is 0 Å². The van der Waals surface area contributed by atoms with Crippen LogP contribution in [0.4, 0.5) is 5.69 Å². The van der Waals surface area contributed by atoms with Crippen LogP contribution in [0.25, 0.3) is 0 Å². The molecule has 1 saturated heterocycles. The van der Waals surface area contributed by atoms with Gasteiger partial charge in [0.1, 0.15) is 5.75 Å². The molecule has 1 aliphatic heterocycles. The van der Waals surface area contributed by atoms with Crippen LogP contribution >= 0.6 is 0 Å². The van der Waals surface area contributed by atoms with Gasteiger partial charge >= 0.3 is 5.97 Å². The van der Waals surface area contributed by atoms with Crippen molar-refractivity contribution in [1.29, 1.82) is 0 Å². The molecule has 1 N–H and O–H groups in total. The molecular weight excluding hydrogens is 218 g/mol. The number of hydrogen-bond donors (Lipinski definition) is 1. The number of carboxylic acids is 1. The molecule has 1 aromatic rings. The van der Waals surface area contributed by atoms with Gasteiger partial charge in [-0.1, -0.05) is 0 Å². The second-order valence-electron chi connectivity index (χ2n) is 4.32. The van der Waals surface area contributed by atoms with E-state index in [1.54, 1.807) is 7.11 Å². The van der Waals surface area contributed by atoms with Crippen molar-refractivity contribution < 1.29 is 14.6 Å². The van der Waals surface area contributed by atoms with Crippen LogP contribution in [0.5, 0.6) is 5.75 Å². The van der Waals surface area contributed by atoms with Crippen LogP contribution in [-0.2, 0) is 4.79 Å². The number of anilines is 1. The number of methoxy groups -OCH3 is 1. The second-order valence-corrected chi connectivity index (χ2v) is 4.32. The maximum absolute atomic E-state index is 11.0.